The molecule has 0 saturated heterocycles. The summed E-state index contributed by atoms with van der Waals surface area (Å²) in [5.41, 5.74) is 3.03. The van der Waals surface area contributed by atoms with Crippen molar-refractivity contribution in [2.75, 3.05) is 19.5 Å². The molecule has 0 unspecified atom stereocenters. The van der Waals surface area contributed by atoms with Gasteiger partial charge in [0.2, 0.25) is 0 Å². The Bertz CT molecular complexity index is 345. The molecule has 0 aliphatic carbocycles. The van der Waals surface area contributed by atoms with Gasteiger partial charge in [-0.25, -0.2) is 0 Å². The summed E-state index contributed by atoms with van der Waals surface area (Å²) in [6.07, 6.45) is 3.46. The second-order valence-electron chi connectivity index (χ2n) is 2.68. The Balaban J connectivity index is 3.15. The molecule has 0 fully saturated rings. The Morgan fingerprint density at radius 3 is 2.86 bits per heavy atom. The summed E-state index contributed by atoms with van der Waals surface area (Å²) < 4.78 is 0. The van der Waals surface area contributed by atoms with Crippen molar-refractivity contribution >= 4 is 18.0 Å². The molecule has 3 heteroatoms. The molecule has 0 amide bonds. The van der Waals surface area contributed by atoms with Crippen LogP contribution in [0, 0.1) is 0 Å². The molecule has 0 heterocycles. The van der Waals surface area contributed by atoms with E-state index in [9.17, 15) is 0 Å². The highest BCUT2D eigenvalue weighted by molar-refractivity contribution is 5.88. The van der Waals surface area contributed by atoms with Crippen LogP contribution in [-0.2, 0) is 4.84 Å². The van der Waals surface area contributed by atoms with Crippen LogP contribution in [0.15, 0.2) is 29.9 Å². The molecule has 0 aliphatic rings. The standard InChI is InChI=1S/C11H14N2O/c1-4-10-9(8-13-14-3)6-5-7-11(10)12-2/h4-8,12H,1H2,2-3H3/b13-8+. The average molecular weight is 190 g/mol. The van der Waals surface area contributed by atoms with E-state index < -0.39 is 0 Å². The minimum absolute atomic E-state index is 0.980. The number of rotatable bonds is 4. The maximum Gasteiger partial charge on any atom is 0.106 e. The van der Waals surface area contributed by atoms with Gasteiger partial charge in [-0.3, -0.25) is 0 Å². The molecule has 0 radical (unpaired) electrons. The predicted octanol–water partition coefficient (Wildman–Crippen LogP) is 2.35. The summed E-state index contributed by atoms with van der Waals surface area (Å²) in [4.78, 5) is 4.63. The Kier molecular flexibility index (Phi) is 3.73. The van der Waals surface area contributed by atoms with Crippen LogP contribution in [-0.4, -0.2) is 20.4 Å². The molecule has 0 aliphatic heterocycles. The van der Waals surface area contributed by atoms with Crippen LogP contribution >= 0.6 is 0 Å². The maximum atomic E-state index is 4.63. The first kappa shape index (κ1) is 10.3. The quantitative estimate of drug-likeness (QED) is 0.584. The van der Waals surface area contributed by atoms with Crippen molar-refractivity contribution in [3.8, 4) is 0 Å². The lowest BCUT2D eigenvalue weighted by Crippen LogP contribution is -1.95. The normalized spacial score (nSPS) is 10.1. The molecule has 0 atom stereocenters. The van der Waals surface area contributed by atoms with Crippen molar-refractivity contribution in [2.45, 2.75) is 0 Å². The molecule has 1 rings (SSSR count). The van der Waals surface area contributed by atoms with Gasteiger partial charge in [-0.15, -0.1) is 0 Å². The highest BCUT2D eigenvalue weighted by Gasteiger charge is 2.01. The summed E-state index contributed by atoms with van der Waals surface area (Å²) in [5, 5.41) is 6.82. The van der Waals surface area contributed by atoms with Gasteiger partial charge in [0.05, 0.1) is 6.21 Å². The largest absolute Gasteiger partial charge is 0.399 e. The van der Waals surface area contributed by atoms with Gasteiger partial charge in [-0.1, -0.05) is 29.9 Å². The molecule has 1 aromatic rings. The molecule has 0 spiro atoms. The van der Waals surface area contributed by atoms with Gasteiger partial charge < -0.3 is 10.2 Å². The predicted molar refractivity (Wildman–Crippen MR) is 60.7 cm³/mol. The molecule has 14 heavy (non-hydrogen) atoms. The molecule has 0 saturated carbocycles. The zero-order valence-corrected chi connectivity index (χ0v) is 8.45. The van der Waals surface area contributed by atoms with Crippen molar-refractivity contribution in [2.24, 2.45) is 5.16 Å². The Hall–Kier alpha value is -1.77. The van der Waals surface area contributed by atoms with Gasteiger partial charge in [0.15, 0.2) is 0 Å². The average Bonchev–Trinajstić information content (AvgIpc) is 2.25. The zero-order valence-electron chi connectivity index (χ0n) is 8.45. The first-order valence-corrected chi connectivity index (χ1v) is 4.33. The van der Waals surface area contributed by atoms with Crippen LogP contribution in [0.3, 0.4) is 0 Å². The number of nitrogens with zero attached hydrogens (tertiary/aromatic N) is 1. The second-order valence-corrected chi connectivity index (χ2v) is 2.68. The van der Waals surface area contributed by atoms with E-state index in [1.54, 1.807) is 12.3 Å². The van der Waals surface area contributed by atoms with E-state index in [4.69, 9.17) is 0 Å². The summed E-state index contributed by atoms with van der Waals surface area (Å²) in [7, 11) is 3.39. The van der Waals surface area contributed by atoms with Crippen LogP contribution in [0.2, 0.25) is 0 Å². The van der Waals surface area contributed by atoms with Gasteiger partial charge >= 0.3 is 0 Å². The molecule has 74 valence electrons. The van der Waals surface area contributed by atoms with E-state index in [0.717, 1.165) is 16.8 Å². The number of anilines is 1. The Morgan fingerprint density at radius 1 is 1.50 bits per heavy atom. The Morgan fingerprint density at radius 2 is 2.29 bits per heavy atom. The van der Waals surface area contributed by atoms with Crippen LogP contribution < -0.4 is 5.32 Å². The molecule has 1 N–H and O–H groups in total. The summed E-state index contributed by atoms with van der Waals surface area (Å²) in [6.45, 7) is 3.77. The van der Waals surface area contributed by atoms with E-state index in [1.807, 2.05) is 25.2 Å². The van der Waals surface area contributed by atoms with E-state index in [-0.39, 0.29) is 0 Å². The first-order chi connectivity index (χ1) is 6.83. The monoisotopic (exact) mass is 190 g/mol. The van der Waals surface area contributed by atoms with Crippen LogP contribution in [0.25, 0.3) is 6.08 Å². The third-order valence-corrected chi connectivity index (χ3v) is 1.91. The number of nitrogens with one attached hydrogen (secondary N) is 1. The SMILES string of the molecule is C=Cc1c(/C=N/OC)cccc1NC. The molecule has 0 aromatic heterocycles. The first-order valence-electron chi connectivity index (χ1n) is 4.33. The summed E-state index contributed by atoms with van der Waals surface area (Å²) in [5.74, 6) is 0. The third-order valence-electron chi connectivity index (χ3n) is 1.91. The van der Waals surface area contributed by atoms with E-state index >= 15 is 0 Å². The topological polar surface area (TPSA) is 33.6 Å². The third kappa shape index (κ3) is 2.13. The van der Waals surface area contributed by atoms with Crippen molar-refractivity contribution < 1.29 is 4.84 Å². The van der Waals surface area contributed by atoms with E-state index in [0.29, 0.717) is 0 Å². The minimum Gasteiger partial charge on any atom is -0.399 e. The van der Waals surface area contributed by atoms with Crippen LogP contribution in [0.4, 0.5) is 5.69 Å². The van der Waals surface area contributed by atoms with Gasteiger partial charge in [0.1, 0.15) is 7.11 Å². The van der Waals surface area contributed by atoms with E-state index in [2.05, 4.69) is 21.9 Å². The van der Waals surface area contributed by atoms with E-state index in [1.165, 1.54) is 7.11 Å². The number of benzene rings is 1. The lowest BCUT2D eigenvalue weighted by Gasteiger charge is -2.07. The van der Waals surface area contributed by atoms with Crippen molar-refractivity contribution in [3.05, 3.63) is 35.9 Å². The molecule has 1 aromatic carbocycles. The van der Waals surface area contributed by atoms with Crippen LogP contribution in [0.1, 0.15) is 11.1 Å². The minimum atomic E-state index is 0.980. The van der Waals surface area contributed by atoms with Crippen molar-refractivity contribution in [3.63, 3.8) is 0 Å². The molecule has 3 nitrogen and oxygen atoms in total. The highest BCUT2D eigenvalue weighted by Crippen LogP contribution is 2.19. The van der Waals surface area contributed by atoms with Crippen molar-refractivity contribution in [1.82, 2.24) is 0 Å². The lowest BCUT2D eigenvalue weighted by atomic mass is 10.1. The molecule has 0 bridgehead atoms. The summed E-state index contributed by atoms with van der Waals surface area (Å²) >= 11 is 0. The second kappa shape index (κ2) is 5.07. The Labute approximate surface area is 84.1 Å². The fraction of sp³-hybridized carbons (Fsp3) is 0.182. The highest BCUT2D eigenvalue weighted by atomic mass is 16.6. The zero-order chi connectivity index (χ0) is 10.4. The number of hydrogen-bond donors (Lipinski definition) is 1. The fourth-order valence-corrected chi connectivity index (χ4v) is 1.25. The molecular weight excluding hydrogens is 176 g/mol. The van der Waals surface area contributed by atoms with Gasteiger partial charge in [0, 0.05) is 23.9 Å². The van der Waals surface area contributed by atoms with Gasteiger partial charge in [-0.05, 0) is 6.07 Å². The van der Waals surface area contributed by atoms with Crippen molar-refractivity contribution in [1.29, 1.82) is 0 Å². The number of hydrogen-bond acceptors (Lipinski definition) is 3. The van der Waals surface area contributed by atoms with Gasteiger partial charge in [-0.2, -0.15) is 0 Å². The number of oxime groups is 1. The fourth-order valence-electron chi connectivity index (χ4n) is 1.25. The summed E-state index contributed by atoms with van der Waals surface area (Å²) in [6, 6.07) is 5.90. The van der Waals surface area contributed by atoms with Gasteiger partial charge in [0.25, 0.3) is 0 Å². The lowest BCUT2D eigenvalue weighted by molar-refractivity contribution is 0.215. The smallest absolute Gasteiger partial charge is 0.106 e. The maximum absolute atomic E-state index is 4.63. The van der Waals surface area contributed by atoms with Crippen LogP contribution in [0.5, 0.6) is 0 Å². The molecular formula is C11H14N2O.